The second-order valence-corrected chi connectivity index (χ2v) is 9.56. The number of carbonyl (C=O) groups excluding carboxylic acids is 3. The maximum atomic E-state index is 13.4. The van der Waals surface area contributed by atoms with Gasteiger partial charge in [-0.1, -0.05) is 30.3 Å². The van der Waals surface area contributed by atoms with Crippen molar-refractivity contribution in [3.8, 4) is 5.75 Å². The highest BCUT2D eigenvalue weighted by molar-refractivity contribution is 6.07. The number of rotatable bonds is 11. The monoisotopic (exact) mass is 553 g/mol. The number of ether oxygens (including phenoxy) is 2. The van der Waals surface area contributed by atoms with E-state index in [1.807, 2.05) is 14.1 Å². The van der Waals surface area contributed by atoms with Crippen LogP contribution >= 0.6 is 0 Å². The highest BCUT2D eigenvalue weighted by Gasteiger charge is 2.44. The maximum absolute atomic E-state index is 13.4. The highest BCUT2D eigenvalue weighted by Crippen LogP contribution is 2.43. The zero-order chi connectivity index (χ0) is 29.4. The van der Waals surface area contributed by atoms with Crippen molar-refractivity contribution in [3.05, 3.63) is 81.0 Å². The van der Waals surface area contributed by atoms with Crippen molar-refractivity contribution >= 4 is 29.2 Å². The summed E-state index contributed by atoms with van der Waals surface area (Å²) in [5.41, 5.74) is 0.621. The van der Waals surface area contributed by atoms with Crippen molar-refractivity contribution < 1.29 is 38.8 Å². The van der Waals surface area contributed by atoms with E-state index < -0.39 is 34.6 Å². The molecule has 40 heavy (non-hydrogen) atoms. The number of nitrogens with one attached hydrogen (secondary N) is 2. The number of likely N-dealkylation sites (N-methyl/N-ethyl adjacent to an activating group) is 1. The zero-order valence-corrected chi connectivity index (χ0v) is 22.8. The number of quaternary nitrogens is 1. The van der Waals surface area contributed by atoms with Crippen molar-refractivity contribution in [3.63, 3.8) is 0 Å². The first kappa shape index (κ1) is 30.0. The van der Waals surface area contributed by atoms with Crippen molar-refractivity contribution in [1.29, 1.82) is 0 Å². The summed E-state index contributed by atoms with van der Waals surface area (Å²) in [5, 5.41) is 24.3. The third-order valence-corrected chi connectivity index (χ3v) is 6.39. The molecule has 12 nitrogen and oxygen atoms in total. The second kappa shape index (κ2) is 13.5. The second-order valence-electron chi connectivity index (χ2n) is 9.56. The van der Waals surface area contributed by atoms with Crippen LogP contribution in [0, 0.1) is 16.0 Å². The fraction of sp³-hybridized carbons (Fsp3) is 0.357. The predicted molar refractivity (Wildman–Crippen MR) is 145 cm³/mol. The van der Waals surface area contributed by atoms with E-state index in [0.717, 1.165) is 4.90 Å². The minimum Gasteiger partial charge on any atom is -0.507 e. The summed E-state index contributed by atoms with van der Waals surface area (Å²) in [5.74, 6) is -4.46. The van der Waals surface area contributed by atoms with Gasteiger partial charge in [-0.2, -0.15) is 0 Å². The normalized spacial score (nSPS) is 16.8. The summed E-state index contributed by atoms with van der Waals surface area (Å²) in [6.45, 7) is 3.54. The lowest BCUT2D eigenvalue weighted by Gasteiger charge is -2.31. The Labute approximate surface area is 231 Å². The molecule has 0 saturated heterocycles. The van der Waals surface area contributed by atoms with Crippen LogP contribution in [0.5, 0.6) is 5.75 Å². The van der Waals surface area contributed by atoms with Gasteiger partial charge in [-0.3, -0.25) is 24.7 Å². The van der Waals surface area contributed by atoms with Gasteiger partial charge in [0, 0.05) is 29.0 Å². The molecular formula is C28H33N4O8+. The van der Waals surface area contributed by atoms with Crippen LogP contribution in [0.1, 0.15) is 35.7 Å². The van der Waals surface area contributed by atoms with Crippen molar-refractivity contribution in [1.82, 2.24) is 5.32 Å². The summed E-state index contributed by atoms with van der Waals surface area (Å²) < 4.78 is 10.9. The van der Waals surface area contributed by atoms with Gasteiger partial charge in [0.1, 0.15) is 31.4 Å². The number of amides is 1. The van der Waals surface area contributed by atoms with Crippen molar-refractivity contribution in [2.24, 2.45) is 10.9 Å². The predicted octanol–water partition coefficient (Wildman–Crippen LogP) is 1.41. The van der Waals surface area contributed by atoms with Gasteiger partial charge in [-0.05, 0) is 26.0 Å². The first-order valence-corrected chi connectivity index (χ1v) is 12.7. The fourth-order valence-corrected chi connectivity index (χ4v) is 4.45. The quantitative estimate of drug-likeness (QED) is 0.163. The Morgan fingerprint density at radius 3 is 2.40 bits per heavy atom. The summed E-state index contributed by atoms with van der Waals surface area (Å²) in [6, 6.07) is 11.9. The molecule has 2 aromatic rings. The molecule has 1 aliphatic rings. The SMILES string of the molecule is CC1=NC(C)=C(C(=O)OCC[NH+](C)C)[C@H](c2ccccc2[N+](=O)[O-])C1C(=O)OCCNC(=O)c1ccccc1O. The first-order valence-electron chi connectivity index (χ1n) is 12.7. The van der Waals surface area contributed by atoms with E-state index in [9.17, 15) is 29.6 Å². The number of nitrogens with zero attached hydrogens (tertiary/aromatic N) is 2. The molecule has 2 atom stereocenters. The minimum atomic E-state index is -1.15. The number of esters is 2. The number of benzene rings is 2. The highest BCUT2D eigenvalue weighted by atomic mass is 16.6. The van der Waals surface area contributed by atoms with Crippen LogP contribution in [0.25, 0.3) is 0 Å². The zero-order valence-electron chi connectivity index (χ0n) is 22.8. The molecule has 1 heterocycles. The van der Waals surface area contributed by atoms with Crippen LogP contribution in [0.15, 0.2) is 64.8 Å². The Kier molecular flexibility index (Phi) is 10.1. The molecule has 1 unspecified atom stereocenters. The fourth-order valence-electron chi connectivity index (χ4n) is 4.45. The molecule has 212 valence electrons. The molecule has 1 amide bonds. The van der Waals surface area contributed by atoms with E-state index in [-0.39, 0.29) is 47.9 Å². The number of phenols is 1. The van der Waals surface area contributed by atoms with Gasteiger partial charge < -0.3 is 24.8 Å². The number of hydrogen-bond acceptors (Lipinski definition) is 9. The average molecular weight is 554 g/mol. The number of nitro groups is 1. The average Bonchev–Trinajstić information content (AvgIpc) is 2.90. The van der Waals surface area contributed by atoms with E-state index in [1.54, 1.807) is 32.0 Å². The molecule has 3 rings (SSSR count). The summed E-state index contributed by atoms with van der Waals surface area (Å²) in [4.78, 5) is 55.8. The van der Waals surface area contributed by atoms with Gasteiger partial charge in [-0.25, -0.2) is 4.79 Å². The molecule has 0 aliphatic carbocycles. The molecule has 0 radical (unpaired) electrons. The number of hydrogen-bond donors (Lipinski definition) is 3. The van der Waals surface area contributed by atoms with Gasteiger partial charge in [-0.15, -0.1) is 0 Å². The third kappa shape index (κ3) is 7.08. The van der Waals surface area contributed by atoms with E-state index in [0.29, 0.717) is 18.0 Å². The summed E-state index contributed by atoms with van der Waals surface area (Å²) in [6.07, 6.45) is 0. The Balaban J connectivity index is 1.86. The molecule has 0 bridgehead atoms. The van der Waals surface area contributed by atoms with Gasteiger partial charge in [0.2, 0.25) is 0 Å². The number of carbonyl (C=O) groups is 3. The molecule has 0 saturated carbocycles. The Morgan fingerprint density at radius 1 is 1.05 bits per heavy atom. The van der Waals surface area contributed by atoms with Crippen LogP contribution in [-0.4, -0.2) is 74.0 Å². The van der Waals surface area contributed by atoms with Crippen LogP contribution in [-0.2, 0) is 19.1 Å². The van der Waals surface area contributed by atoms with E-state index in [2.05, 4.69) is 10.3 Å². The number of allylic oxidation sites excluding steroid dienone is 1. The molecule has 3 N–H and O–H groups in total. The van der Waals surface area contributed by atoms with Crippen LogP contribution in [0.3, 0.4) is 0 Å². The van der Waals surface area contributed by atoms with Crippen LogP contribution in [0.4, 0.5) is 5.69 Å². The molecule has 12 heteroatoms. The summed E-state index contributed by atoms with van der Waals surface area (Å²) >= 11 is 0. The number of aliphatic imine (C=N–C) groups is 1. The molecule has 2 aromatic carbocycles. The smallest absolute Gasteiger partial charge is 0.336 e. The number of para-hydroxylation sites is 2. The van der Waals surface area contributed by atoms with E-state index in [4.69, 9.17) is 9.47 Å². The third-order valence-electron chi connectivity index (χ3n) is 6.39. The molecule has 0 aromatic heterocycles. The maximum Gasteiger partial charge on any atom is 0.336 e. The van der Waals surface area contributed by atoms with Gasteiger partial charge >= 0.3 is 11.9 Å². The first-order chi connectivity index (χ1) is 19.0. The number of aromatic hydroxyl groups is 1. The molecular weight excluding hydrogens is 520 g/mol. The standard InChI is InChI=1S/C28H32N4O8/c1-17-23(27(35)39-15-13-29-26(34)20-10-6-8-12-22(20)33)25(19-9-5-7-11-21(19)32(37)38)24(18(2)30-17)28(36)40-16-14-31(3)4/h5-12,23,25,33H,13-16H2,1-4H3,(H,29,34)/p+1/t23?,25-/m1/s1. The number of nitro benzene ring substituents is 1. The Morgan fingerprint density at radius 2 is 1.73 bits per heavy atom. The van der Waals surface area contributed by atoms with Crippen LogP contribution < -0.4 is 10.2 Å². The van der Waals surface area contributed by atoms with Gasteiger partial charge in [0.05, 0.1) is 36.7 Å². The molecule has 0 fully saturated rings. The van der Waals surface area contributed by atoms with Crippen molar-refractivity contribution in [2.75, 3.05) is 40.4 Å². The largest absolute Gasteiger partial charge is 0.507 e. The van der Waals surface area contributed by atoms with Gasteiger partial charge in [0.25, 0.3) is 11.6 Å². The van der Waals surface area contributed by atoms with Crippen LogP contribution in [0.2, 0.25) is 0 Å². The Bertz CT molecular complexity index is 1350. The molecule has 0 spiro atoms. The Hall–Kier alpha value is -4.58. The number of phenolic OH excluding ortho intramolecular Hbond substituents is 1. The lowest BCUT2D eigenvalue weighted by Crippen LogP contribution is -3.06. The van der Waals surface area contributed by atoms with Crippen molar-refractivity contribution in [2.45, 2.75) is 19.8 Å². The lowest BCUT2D eigenvalue weighted by molar-refractivity contribution is -0.858. The van der Waals surface area contributed by atoms with E-state index in [1.165, 1.54) is 30.3 Å². The topological polar surface area (TPSA) is 162 Å². The van der Waals surface area contributed by atoms with Gasteiger partial charge in [0.15, 0.2) is 0 Å². The lowest BCUT2D eigenvalue weighted by atomic mass is 9.75. The molecule has 1 aliphatic heterocycles. The van der Waals surface area contributed by atoms with E-state index >= 15 is 0 Å². The summed E-state index contributed by atoms with van der Waals surface area (Å²) in [7, 11) is 3.81. The minimum absolute atomic E-state index is 0.0449.